The second-order valence-corrected chi connectivity index (χ2v) is 7.37. The summed E-state index contributed by atoms with van der Waals surface area (Å²) in [5.74, 6) is -0.495. The van der Waals surface area contributed by atoms with Crippen LogP contribution in [0.25, 0.3) is 22.3 Å². The summed E-state index contributed by atoms with van der Waals surface area (Å²) < 4.78 is 16.9. The molecule has 8 heteroatoms. The van der Waals surface area contributed by atoms with Crippen LogP contribution >= 0.6 is 0 Å². The number of hydrogen-bond acceptors (Lipinski definition) is 8. The number of esters is 1. The third-order valence-electron chi connectivity index (χ3n) is 5.46. The summed E-state index contributed by atoms with van der Waals surface area (Å²) in [6, 6.07) is 12.3. The normalized spacial score (nSPS) is 14.3. The van der Waals surface area contributed by atoms with E-state index in [1.165, 1.54) is 31.4 Å². The van der Waals surface area contributed by atoms with Crippen LogP contribution in [-0.4, -0.2) is 28.3 Å². The molecule has 1 aliphatic heterocycles. The van der Waals surface area contributed by atoms with Crippen LogP contribution in [0, 0.1) is 0 Å². The first-order valence-corrected chi connectivity index (χ1v) is 9.79. The lowest BCUT2D eigenvalue weighted by atomic mass is 9.85. The topological polar surface area (TPSA) is 119 Å². The van der Waals surface area contributed by atoms with Crippen molar-refractivity contribution in [3.63, 3.8) is 0 Å². The SMILES string of the molecule is COC(=O)C[C@@H]1c2cccnc2Oc2cc(O)c3c(=O)cc(-c4ccc(O)cc4)oc3c21. The van der Waals surface area contributed by atoms with Gasteiger partial charge in [0.2, 0.25) is 5.88 Å². The molecule has 0 radical (unpaired) electrons. The van der Waals surface area contributed by atoms with Crippen LogP contribution in [0.4, 0.5) is 0 Å². The Balaban J connectivity index is 1.81. The standard InChI is InChI=1S/C24H17NO7/c1-30-20(29)9-15-14-3-2-8-25-24(14)32-19-11-17(28)22-16(27)10-18(31-23(22)21(15)19)12-4-6-13(26)7-5-12/h2-8,10-11,15,26,28H,9H2,1H3/t15-/m1/s1. The molecule has 1 aliphatic rings. The van der Waals surface area contributed by atoms with Crippen LogP contribution in [-0.2, 0) is 9.53 Å². The molecule has 0 spiro atoms. The molecule has 8 nitrogen and oxygen atoms in total. The summed E-state index contributed by atoms with van der Waals surface area (Å²) in [4.78, 5) is 29.4. The lowest BCUT2D eigenvalue weighted by Gasteiger charge is -2.27. The highest BCUT2D eigenvalue weighted by Gasteiger charge is 2.34. The third-order valence-corrected chi connectivity index (χ3v) is 5.46. The van der Waals surface area contributed by atoms with Crippen molar-refractivity contribution in [2.75, 3.05) is 7.11 Å². The molecule has 4 aromatic rings. The average Bonchev–Trinajstić information content (AvgIpc) is 2.78. The van der Waals surface area contributed by atoms with Crippen molar-refractivity contribution < 1.29 is 28.9 Å². The van der Waals surface area contributed by atoms with E-state index in [0.29, 0.717) is 22.6 Å². The van der Waals surface area contributed by atoms with Gasteiger partial charge in [0.1, 0.15) is 34.0 Å². The first-order valence-electron chi connectivity index (χ1n) is 9.79. The van der Waals surface area contributed by atoms with Gasteiger partial charge in [0.05, 0.1) is 13.5 Å². The minimum Gasteiger partial charge on any atom is -0.508 e. The number of aromatic nitrogens is 1. The van der Waals surface area contributed by atoms with E-state index in [1.807, 2.05) is 0 Å². The molecule has 2 aromatic heterocycles. The predicted octanol–water partition coefficient (Wildman–Crippen LogP) is 4.07. The number of phenolic OH excluding ortho intramolecular Hbond substituents is 2. The van der Waals surface area contributed by atoms with Crippen molar-refractivity contribution in [1.29, 1.82) is 0 Å². The Hall–Kier alpha value is -4.33. The maximum atomic E-state index is 13.0. The molecule has 0 saturated carbocycles. The zero-order valence-electron chi connectivity index (χ0n) is 16.9. The van der Waals surface area contributed by atoms with E-state index >= 15 is 0 Å². The van der Waals surface area contributed by atoms with Crippen LogP contribution in [0.5, 0.6) is 23.1 Å². The number of benzene rings is 2. The Morgan fingerprint density at radius 1 is 1.16 bits per heavy atom. The van der Waals surface area contributed by atoms with E-state index in [2.05, 4.69) is 4.98 Å². The molecule has 2 aromatic carbocycles. The zero-order valence-corrected chi connectivity index (χ0v) is 16.9. The fourth-order valence-corrected chi connectivity index (χ4v) is 3.97. The fourth-order valence-electron chi connectivity index (χ4n) is 3.97. The average molecular weight is 431 g/mol. The molecule has 0 fully saturated rings. The van der Waals surface area contributed by atoms with Gasteiger partial charge in [0, 0.05) is 40.9 Å². The summed E-state index contributed by atoms with van der Waals surface area (Å²) in [6.45, 7) is 0. The van der Waals surface area contributed by atoms with Gasteiger partial charge < -0.3 is 24.1 Å². The van der Waals surface area contributed by atoms with Gasteiger partial charge >= 0.3 is 5.97 Å². The van der Waals surface area contributed by atoms with Crippen molar-refractivity contribution in [1.82, 2.24) is 4.98 Å². The summed E-state index contributed by atoms with van der Waals surface area (Å²) in [5.41, 5.74) is 1.29. The Labute approximate surface area is 181 Å². The quantitative estimate of drug-likeness (QED) is 0.466. The Morgan fingerprint density at radius 3 is 2.69 bits per heavy atom. The van der Waals surface area contributed by atoms with Crippen LogP contribution in [0.1, 0.15) is 23.5 Å². The summed E-state index contributed by atoms with van der Waals surface area (Å²) in [5, 5.41) is 20.1. The lowest BCUT2D eigenvalue weighted by molar-refractivity contribution is -0.140. The van der Waals surface area contributed by atoms with Gasteiger partial charge in [-0.1, -0.05) is 6.07 Å². The van der Waals surface area contributed by atoms with Gasteiger partial charge in [0.15, 0.2) is 5.43 Å². The lowest BCUT2D eigenvalue weighted by Crippen LogP contribution is -2.17. The Morgan fingerprint density at radius 2 is 1.94 bits per heavy atom. The number of methoxy groups -OCH3 is 1. The maximum Gasteiger partial charge on any atom is 0.306 e. The zero-order chi connectivity index (χ0) is 22.4. The number of ether oxygens (including phenoxy) is 2. The van der Waals surface area contributed by atoms with Gasteiger partial charge in [-0.2, -0.15) is 0 Å². The van der Waals surface area contributed by atoms with Crippen molar-refractivity contribution in [3.05, 3.63) is 76.1 Å². The Bertz CT molecular complexity index is 1420. The van der Waals surface area contributed by atoms with E-state index in [4.69, 9.17) is 13.9 Å². The molecule has 0 bridgehead atoms. The molecule has 32 heavy (non-hydrogen) atoms. The largest absolute Gasteiger partial charge is 0.508 e. The molecule has 0 saturated heterocycles. The molecular weight excluding hydrogens is 414 g/mol. The van der Waals surface area contributed by atoms with Crippen LogP contribution in [0.15, 0.2) is 63.9 Å². The molecule has 3 heterocycles. The highest BCUT2D eigenvalue weighted by Crippen LogP contribution is 2.49. The highest BCUT2D eigenvalue weighted by molar-refractivity contribution is 5.91. The molecular formula is C24H17NO7. The van der Waals surface area contributed by atoms with E-state index < -0.39 is 17.3 Å². The van der Waals surface area contributed by atoms with Crippen LogP contribution in [0.3, 0.4) is 0 Å². The molecule has 0 amide bonds. The number of carbonyl (C=O) groups excluding carboxylic acids is 1. The summed E-state index contributed by atoms with van der Waals surface area (Å²) in [7, 11) is 1.30. The minimum atomic E-state index is -0.573. The van der Waals surface area contributed by atoms with Crippen molar-refractivity contribution in [2.45, 2.75) is 12.3 Å². The number of hydrogen-bond donors (Lipinski definition) is 2. The monoisotopic (exact) mass is 431 g/mol. The number of rotatable bonds is 3. The van der Waals surface area contributed by atoms with E-state index in [-0.39, 0.29) is 40.4 Å². The van der Waals surface area contributed by atoms with E-state index in [1.54, 1.807) is 30.5 Å². The van der Waals surface area contributed by atoms with Gasteiger partial charge in [-0.05, 0) is 30.3 Å². The molecule has 5 rings (SSSR count). The molecule has 160 valence electrons. The van der Waals surface area contributed by atoms with Crippen molar-refractivity contribution >= 4 is 16.9 Å². The first kappa shape index (κ1) is 19.6. The molecule has 0 unspecified atom stereocenters. The number of aromatic hydroxyl groups is 2. The summed E-state index contributed by atoms with van der Waals surface area (Å²) >= 11 is 0. The van der Waals surface area contributed by atoms with Gasteiger partial charge in [-0.3, -0.25) is 9.59 Å². The number of carbonyl (C=O) groups is 1. The number of nitrogens with zero attached hydrogens (tertiary/aromatic N) is 1. The Kier molecular flexibility index (Phi) is 4.55. The smallest absolute Gasteiger partial charge is 0.306 e. The molecule has 0 aliphatic carbocycles. The maximum absolute atomic E-state index is 13.0. The minimum absolute atomic E-state index is 0.0166. The van der Waals surface area contributed by atoms with E-state index in [0.717, 1.165) is 0 Å². The second-order valence-electron chi connectivity index (χ2n) is 7.37. The van der Waals surface area contributed by atoms with Crippen LogP contribution < -0.4 is 10.2 Å². The van der Waals surface area contributed by atoms with Gasteiger partial charge in [-0.25, -0.2) is 4.98 Å². The van der Waals surface area contributed by atoms with Crippen molar-refractivity contribution in [3.8, 4) is 34.5 Å². The van der Waals surface area contributed by atoms with Crippen molar-refractivity contribution in [2.24, 2.45) is 0 Å². The number of fused-ring (bicyclic) bond motifs is 4. The second kappa shape index (κ2) is 7.42. The number of pyridine rings is 1. The van der Waals surface area contributed by atoms with Gasteiger partial charge in [0.25, 0.3) is 0 Å². The third kappa shape index (κ3) is 3.13. The van der Waals surface area contributed by atoms with Crippen LogP contribution in [0.2, 0.25) is 0 Å². The van der Waals surface area contributed by atoms with Gasteiger partial charge in [-0.15, -0.1) is 0 Å². The highest BCUT2D eigenvalue weighted by atomic mass is 16.5. The van der Waals surface area contributed by atoms with E-state index in [9.17, 15) is 19.8 Å². The molecule has 1 atom stereocenters. The predicted molar refractivity (Wildman–Crippen MR) is 114 cm³/mol. The molecule has 2 N–H and O–H groups in total. The number of phenols is 2. The fraction of sp³-hybridized carbons (Fsp3) is 0.125. The summed E-state index contributed by atoms with van der Waals surface area (Å²) in [6.07, 6.45) is 1.52. The first-order chi connectivity index (χ1) is 15.5.